The summed E-state index contributed by atoms with van der Waals surface area (Å²) >= 11 is 6.50. The van der Waals surface area contributed by atoms with Crippen molar-refractivity contribution in [3.05, 3.63) is 69.6 Å². The summed E-state index contributed by atoms with van der Waals surface area (Å²) in [5, 5.41) is 2.12. The lowest BCUT2D eigenvalue weighted by Gasteiger charge is -2.12. The van der Waals surface area contributed by atoms with Crippen molar-refractivity contribution in [3.63, 3.8) is 0 Å². The van der Waals surface area contributed by atoms with Crippen molar-refractivity contribution in [2.75, 3.05) is 11.9 Å². The molecule has 1 fully saturated rings. The molecule has 2 aromatic rings. The molecule has 0 radical (unpaired) electrons. The maximum atomic E-state index is 13.6. The third-order valence-electron chi connectivity index (χ3n) is 3.55. The van der Waals surface area contributed by atoms with Crippen LogP contribution in [0.1, 0.15) is 5.56 Å². The van der Waals surface area contributed by atoms with Gasteiger partial charge < -0.3 is 5.32 Å². The van der Waals surface area contributed by atoms with Gasteiger partial charge in [0.15, 0.2) is 0 Å². The number of hydrogen-bond donors (Lipinski definition) is 1. The number of amides is 3. The Balaban J connectivity index is 1.69. The fraction of sp³-hybridized carbons (Fsp3) is 0.0556. The standard InChI is InChI=1S/C18H11ClF2N2O3S/c19-11-3-1-10(2-4-11)7-15-17(25)23(18(26)27-15)9-16(24)22-14-6-5-12(20)8-13(14)21/h1-8H,9H2,(H,22,24). The molecule has 27 heavy (non-hydrogen) atoms. The van der Waals surface area contributed by atoms with Crippen LogP contribution in [0.15, 0.2) is 47.4 Å². The molecule has 1 aliphatic heterocycles. The fourth-order valence-electron chi connectivity index (χ4n) is 2.27. The number of hydrogen-bond acceptors (Lipinski definition) is 4. The molecule has 138 valence electrons. The molecule has 1 N–H and O–H groups in total. The van der Waals surface area contributed by atoms with Gasteiger partial charge in [0.25, 0.3) is 11.1 Å². The Morgan fingerprint density at radius 1 is 1.15 bits per heavy atom. The molecular weight excluding hydrogens is 398 g/mol. The molecule has 3 amide bonds. The molecule has 0 spiro atoms. The van der Waals surface area contributed by atoms with Gasteiger partial charge in [-0.05, 0) is 47.7 Å². The summed E-state index contributed by atoms with van der Waals surface area (Å²) < 4.78 is 26.5. The smallest absolute Gasteiger partial charge is 0.294 e. The van der Waals surface area contributed by atoms with Gasteiger partial charge in [-0.2, -0.15) is 0 Å². The molecule has 1 heterocycles. The van der Waals surface area contributed by atoms with E-state index in [-0.39, 0.29) is 10.6 Å². The zero-order chi connectivity index (χ0) is 19.6. The quantitative estimate of drug-likeness (QED) is 0.766. The Labute approximate surface area is 162 Å². The van der Waals surface area contributed by atoms with Gasteiger partial charge in [0.05, 0.1) is 10.6 Å². The molecule has 5 nitrogen and oxygen atoms in total. The summed E-state index contributed by atoms with van der Waals surface area (Å²) in [5.41, 5.74) is 0.424. The van der Waals surface area contributed by atoms with Crippen molar-refractivity contribution in [2.24, 2.45) is 0 Å². The zero-order valence-electron chi connectivity index (χ0n) is 13.5. The first-order chi connectivity index (χ1) is 12.8. The number of halogens is 3. The first-order valence-electron chi connectivity index (χ1n) is 7.59. The Hall–Kier alpha value is -2.71. The highest BCUT2D eigenvalue weighted by atomic mass is 35.5. The lowest BCUT2D eigenvalue weighted by molar-refractivity contribution is -0.127. The lowest BCUT2D eigenvalue weighted by atomic mass is 10.2. The van der Waals surface area contributed by atoms with E-state index in [4.69, 9.17) is 11.6 Å². The molecule has 1 saturated heterocycles. The molecule has 1 aliphatic rings. The predicted molar refractivity (Wildman–Crippen MR) is 99.1 cm³/mol. The second kappa shape index (κ2) is 7.89. The number of imide groups is 1. The minimum Gasteiger partial charge on any atom is -0.322 e. The Bertz CT molecular complexity index is 964. The van der Waals surface area contributed by atoms with E-state index < -0.39 is 35.2 Å². The van der Waals surface area contributed by atoms with Crippen LogP contribution >= 0.6 is 23.4 Å². The second-order valence-corrected chi connectivity index (χ2v) is 6.92. The minimum absolute atomic E-state index is 0.156. The molecule has 0 atom stereocenters. The second-order valence-electron chi connectivity index (χ2n) is 5.49. The molecule has 9 heteroatoms. The molecule has 3 rings (SSSR count). The number of nitrogens with one attached hydrogen (secondary N) is 1. The van der Waals surface area contributed by atoms with E-state index in [0.717, 1.165) is 17.0 Å². The first-order valence-corrected chi connectivity index (χ1v) is 8.79. The summed E-state index contributed by atoms with van der Waals surface area (Å²) in [6.45, 7) is -0.584. The van der Waals surface area contributed by atoms with E-state index in [2.05, 4.69) is 5.32 Å². The van der Waals surface area contributed by atoms with E-state index in [1.54, 1.807) is 24.3 Å². The number of rotatable bonds is 4. The Morgan fingerprint density at radius 3 is 2.52 bits per heavy atom. The van der Waals surface area contributed by atoms with Gasteiger partial charge in [-0.1, -0.05) is 23.7 Å². The van der Waals surface area contributed by atoms with Gasteiger partial charge in [-0.25, -0.2) is 8.78 Å². The SMILES string of the molecule is O=C(CN1C(=O)SC(=Cc2ccc(Cl)cc2)C1=O)Nc1ccc(F)cc1F. The molecule has 2 aromatic carbocycles. The average Bonchev–Trinajstić information content (AvgIpc) is 2.87. The van der Waals surface area contributed by atoms with Crippen LogP contribution in [0.25, 0.3) is 6.08 Å². The molecule has 0 aliphatic carbocycles. The van der Waals surface area contributed by atoms with Crippen molar-refractivity contribution >= 4 is 52.2 Å². The van der Waals surface area contributed by atoms with Gasteiger partial charge in [0.1, 0.15) is 18.2 Å². The van der Waals surface area contributed by atoms with Crippen LogP contribution in [0.3, 0.4) is 0 Å². The summed E-state index contributed by atoms with van der Waals surface area (Å²) in [7, 11) is 0. The van der Waals surface area contributed by atoms with Crippen LogP contribution in [-0.4, -0.2) is 28.5 Å². The average molecular weight is 409 g/mol. The maximum Gasteiger partial charge on any atom is 0.294 e. The van der Waals surface area contributed by atoms with Gasteiger partial charge in [-0.3, -0.25) is 19.3 Å². The number of anilines is 1. The van der Waals surface area contributed by atoms with Crippen LogP contribution in [-0.2, 0) is 9.59 Å². The maximum absolute atomic E-state index is 13.6. The van der Waals surface area contributed by atoms with Gasteiger partial charge in [0.2, 0.25) is 5.91 Å². The number of carbonyl (C=O) groups excluding carboxylic acids is 3. The van der Waals surface area contributed by atoms with Gasteiger partial charge in [-0.15, -0.1) is 0 Å². The molecule has 0 aromatic heterocycles. The Kier molecular flexibility index (Phi) is 5.57. The summed E-state index contributed by atoms with van der Waals surface area (Å²) in [4.78, 5) is 37.4. The largest absolute Gasteiger partial charge is 0.322 e. The highest BCUT2D eigenvalue weighted by molar-refractivity contribution is 8.18. The van der Waals surface area contributed by atoms with Crippen molar-refractivity contribution in [3.8, 4) is 0 Å². The topological polar surface area (TPSA) is 66.5 Å². The monoisotopic (exact) mass is 408 g/mol. The van der Waals surface area contributed by atoms with Crippen LogP contribution in [0.4, 0.5) is 19.3 Å². The van der Waals surface area contributed by atoms with E-state index in [9.17, 15) is 23.2 Å². The molecular formula is C18H11ClF2N2O3S. The first kappa shape index (κ1) is 19.1. The zero-order valence-corrected chi connectivity index (χ0v) is 15.1. The summed E-state index contributed by atoms with van der Waals surface area (Å²) in [6, 6.07) is 9.29. The third kappa shape index (κ3) is 4.53. The van der Waals surface area contributed by atoms with E-state index in [1.807, 2.05) is 0 Å². The fourth-order valence-corrected chi connectivity index (χ4v) is 3.24. The molecule has 0 bridgehead atoms. The highest BCUT2D eigenvalue weighted by Gasteiger charge is 2.36. The third-order valence-corrected chi connectivity index (χ3v) is 4.71. The van der Waals surface area contributed by atoms with Gasteiger partial charge in [0, 0.05) is 11.1 Å². The minimum atomic E-state index is -0.958. The summed E-state index contributed by atoms with van der Waals surface area (Å²) in [5.74, 6) is -3.16. The highest BCUT2D eigenvalue weighted by Crippen LogP contribution is 2.32. The number of nitrogens with zero attached hydrogens (tertiary/aromatic N) is 1. The number of benzene rings is 2. The number of thioether (sulfide) groups is 1. The molecule has 0 unspecified atom stereocenters. The van der Waals surface area contributed by atoms with Crippen molar-refractivity contribution in [1.29, 1.82) is 0 Å². The van der Waals surface area contributed by atoms with Crippen LogP contribution < -0.4 is 5.32 Å². The normalized spacial score (nSPS) is 15.5. The van der Waals surface area contributed by atoms with Crippen LogP contribution in [0.2, 0.25) is 5.02 Å². The van der Waals surface area contributed by atoms with E-state index in [0.29, 0.717) is 28.4 Å². The Morgan fingerprint density at radius 2 is 1.85 bits per heavy atom. The van der Waals surface area contributed by atoms with Gasteiger partial charge >= 0.3 is 0 Å². The molecule has 0 saturated carbocycles. The van der Waals surface area contributed by atoms with E-state index in [1.165, 1.54) is 6.08 Å². The lowest BCUT2D eigenvalue weighted by Crippen LogP contribution is -2.36. The van der Waals surface area contributed by atoms with E-state index >= 15 is 0 Å². The van der Waals surface area contributed by atoms with Crippen molar-refractivity contribution in [1.82, 2.24) is 4.90 Å². The van der Waals surface area contributed by atoms with Crippen LogP contribution in [0, 0.1) is 11.6 Å². The van der Waals surface area contributed by atoms with Crippen molar-refractivity contribution in [2.45, 2.75) is 0 Å². The number of carbonyl (C=O) groups is 3. The van der Waals surface area contributed by atoms with Crippen LogP contribution in [0.5, 0.6) is 0 Å². The predicted octanol–water partition coefficient (Wildman–Crippen LogP) is 4.29. The van der Waals surface area contributed by atoms with Crippen molar-refractivity contribution < 1.29 is 23.2 Å². The summed E-state index contributed by atoms with van der Waals surface area (Å²) in [6.07, 6.45) is 1.51.